The minimum atomic E-state index is -1.78. The van der Waals surface area contributed by atoms with Crippen LogP contribution in [0.2, 0.25) is 0 Å². The van der Waals surface area contributed by atoms with Gasteiger partial charge >= 0.3 is 94.5 Å². The Hall–Kier alpha value is -0.701. The molecule has 1 aliphatic heterocycles. The number of likely N-dealkylation sites (N-methyl/N-ethyl adjacent to an activating group) is 1. The SMILES string of the molecule is CN(C)CCN1C[Se](=O)c2ccccc21. The fraction of sp³-hybridized carbons (Fsp3) is 0.455. The van der Waals surface area contributed by atoms with E-state index in [1.807, 2.05) is 18.2 Å². The van der Waals surface area contributed by atoms with E-state index in [-0.39, 0.29) is 0 Å². The van der Waals surface area contributed by atoms with Gasteiger partial charge in [-0.2, -0.15) is 0 Å². The summed E-state index contributed by atoms with van der Waals surface area (Å²) in [5.41, 5.74) is 1.92. The van der Waals surface area contributed by atoms with Crippen molar-refractivity contribution in [3.8, 4) is 0 Å². The van der Waals surface area contributed by atoms with Gasteiger partial charge in [-0.25, -0.2) is 0 Å². The monoisotopic (exact) mass is 272 g/mol. The summed E-state index contributed by atoms with van der Waals surface area (Å²) in [5, 5.41) is 0. The molecule has 0 saturated carbocycles. The van der Waals surface area contributed by atoms with Crippen LogP contribution in [-0.4, -0.2) is 51.4 Å². The molecule has 15 heavy (non-hydrogen) atoms. The van der Waals surface area contributed by atoms with Gasteiger partial charge in [-0.1, -0.05) is 0 Å². The van der Waals surface area contributed by atoms with Gasteiger partial charge < -0.3 is 0 Å². The molecule has 1 aliphatic rings. The van der Waals surface area contributed by atoms with Gasteiger partial charge in [0, 0.05) is 0 Å². The van der Waals surface area contributed by atoms with E-state index in [4.69, 9.17) is 0 Å². The van der Waals surface area contributed by atoms with Crippen LogP contribution in [0.15, 0.2) is 24.3 Å². The van der Waals surface area contributed by atoms with Crippen molar-refractivity contribution in [2.24, 2.45) is 0 Å². The molecule has 0 radical (unpaired) electrons. The molecule has 1 unspecified atom stereocenters. The zero-order valence-corrected chi connectivity index (χ0v) is 10.9. The molecule has 0 saturated heterocycles. The Kier molecular flexibility index (Phi) is 3.19. The van der Waals surface area contributed by atoms with Gasteiger partial charge in [-0.3, -0.25) is 0 Å². The van der Waals surface area contributed by atoms with E-state index in [0.29, 0.717) is 0 Å². The predicted octanol–water partition coefficient (Wildman–Crippen LogP) is 0.236. The number of anilines is 1. The topological polar surface area (TPSA) is 23.6 Å². The number of rotatable bonds is 3. The molecule has 82 valence electrons. The van der Waals surface area contributed by atoms with Gasteiger partial charge in [0.15, 0.2) is 0 Å². The minimum absolute atomic E-state index is 0.743. The van der Waals surface area contributed by atoms with E-state index in [2.05, 4.69) is 30.0 Å². The van der Waals surface area contributed by atoms with Crippen molar-refractivity contribution in [2.45, 2.75) is 0 Å². The number of hydrogen-bond donors (Lipinski definition) is 0. The van der Waals surface area contributed by atoms with Gasteiger partial charge in [0.25, 0.3) is 0 Å². The van der Waals surface area contributed by atoms with Crippen LogP contribution in [0.4, 0.5) is 5.69 Å². The summed E-state index contributed by atoms with van der Waals surface area (Å²) in [7, 11) is 4.12. The molecule has 0 N–H and O–H groups in total. The second-order valence-electron chi connectivity index (χ2n) is 4.01. The normalized spacial score (nSPS) is 19.7. The third-order valence-electron chi connectivity index (χ3n) is 2.54. The van der Waals surface area contributed by atoms with E-state index >= 15 is 0 Å². The van der Waals surface area contributed by atoms with Crippen LogP contribution in [0.3, 0.4) is 0 Å². The Morgan fingerprint density at radius 1 is 1.40 bits per heavy atom. The maximum atomic E-state index is 11.9. The molecule has 1 atom stereocenters. The zero-order valence-electron chi connectivity index (χ0n) is 9.14. The number of benzene rings is 1. The Balaban J connectivity index is 2.14. The number of para-hydroxylation sites is 1. The van der Waals surface area contributed by atoms with Crippen LogP contribution < -0.4 is 9.36 Å². The van der Waals surface area contributed by atoms with Gasteiger partial charge in [0.1, 0.15) is 0 Å². The first-order valence-electron chi connectivity index (χ1n) is 5.05. The maximum absolute atomic E-state index is 11.9. The molecule has 0 aliphatic carbocycles. The molecule has 1 aromatic rings. The third kappa shape index (κ3) is 2.28. The Labute approximate surface area is 94.8 Å². The number of nitrogens with zero attached hydrogens (tertiary/aromatic N) is 2. The van der Waals surface area contributed by atoms with Crippen molar-refractivity contribution < 1.29 is 3.83 Å². The average Bonchev–Trinajstić information content (AvgIpc) is 2.54. The summed E-state index contributed by atoms with van der Waals surface area (Å²) >= 11 is -1.78. The van der Waals surface area contributed by atoms with Crippen molar-refractivity contribution in [3.05, 3.63) is 24.3 Å². The Morgan fingerprint density at radius 3 is 2.87 bits per heavy atom. The fourth-order valence-corrected chi connectivity index (χ4v) is 4.53. The number of hydrogen-bond acceptors (Lipinski definition) is 3. The molecule has 0 fully saturated rings. The summed E-state index contributed by atoms with van der Waals surface area (Å²) in [6.07, 6.45) is 0. The Bertz CT molecular complexity index is 379. The van der Waals surface area contributed by atoms with Gasteiger partial charge in [0.2, 0.25) is 0 Å². The van der Waals surface area contributed by atoms with Crippen LogP contribution in [0, 0.1) is 0 Å². The summed E-state index contributed by atoms with van der Waals surface area (Å²) < 4.78 is 13.0. The molecular formula is C11H16N2OSe. The summed E-state index contributed by atoms with van der Waals surface area (Å²) in [6, 6.07) is 8.07. The molecule has 2 rings (SSSR count). The molecule has 0 amide bonds. The molecule has 0 bridgehead atoms. The van der Waals surface area contributed by atoms with Crippen LogP contribution in [0.25, 0.3) is 0 Å². The molecule has 1 aromatic carbocycles. The third-order valence-corrected chi connectivity index (χ3v) is 5.44. The Morgan fingerprint density at radius 2 is 2.13 bits per heavy atom. The second-order valence-corrected chi connectivity index (χ2v) is 6.92. The first-order chi connectivity index (χ1) is 7.18. The van der Waals surface area contributed by atoms with Crippen molar-refractivity contribution >= 4 is 24.0 Å². The summed E-state index contributed by atoms with van der Waals surface area (Å²) in [6.45, 7) is 1.97. The van der Waals surface area contributed by atoms with Gasteiger partial charge in [-0.15, -0.1) is 0 Å². The molecular weight excluding hydrogens is 255 g/mol. The van der Waals surface area contributed by atoms with Crippen molar-refractivity contribution in [3.63, 3.8) is 0 Å². The zero-order chi connectivity index (χ0) is 10.8. The quantitative estimate of drug-likeness (QED) is 0.736. The van der Waals surface area contributed by atoms with E-state index in [1.54, 1.807) is 0 Å². The van der Waals surface area contributed by atoms with Crippen molar-refractivity contribution in [1.82, 2.24) is 4.90 Å². The van der Waals surface area contributed by atoms with E-state index in [1.165, 1.54) is 5.69 Å². The van der Waals surface area contributed by atoms with E-state index in [9.17, 15) is 3.83 Å². The summed E-state index contributed by atoms with van der Waals surface area (Å²) in [4.78, 5) is 4.40. The second kappa shape index (κ2) is 4.43. The van der Waals surface area contributed by atoms with Crippen LogP contribution in [-0.2, 0) is 3.83 Å². The molecule has 0 aromatic heterocycles. The standard InChI is InChI=1S/C11H16N2OSe/c1-12(2)7-8-13-9-15(14)11-6-4-3-5-10(11)13/h3-6H,7-9H2,1-2H3. The fourth-order valence-electron chi connectivity index (χ4n) is 1.70. The van der Waals surface area contributed by atoms with Crippen LogP contribution >= 0.6 is 0 Å². The van der Waals surface area contributed by atoms with Crippen LogP contribution in [0.1, 0.15) is 0 Å². The summed E-state index contributed by atoms with van der Waals surface area (Å²) in [5.74, 6) is 0. The van der Waals surface area contributed by atoms with Crippen molar-refractivity contribution in [2.75, 3.05) is 37.5 Å². The van der Waals surface area contributed by atoms with Crippen LogP contribution in [0.5, 0.6) is 0 Å². The van der Waals surface area contributed by atoms with Crippen molar-refractivity contribution in [1.29, 1.82) is 0 Å². The molecule has 1 heterocycles. The molecule has 0 spiro atoms. The van der Waals surface area contributed by atoms with E-state index < -0.39 is 13.8 Å². The molecule has 4 heteroatoms. The number of fused-ring (bicyclic) bond motifs is 1. The average molecular weight is 271 g/mol. The molecule has 3 nitrogen and oxygen atoms in total. The first kappa shape index (κ1) is 10.8. The van der Waals surface area contributed by atoms with Gasteiger partial charge in [-0.05, 0) is 0 Å². The van der Waals surface area contributed by atoms with E-state index in [0.717, 1.165) is 23.0 Å². The van der Waals surface area contributed by atoms with Gasteiger partial charge in [0.05, 0.1) is 0 Å². The first-order valence-corrected chi connectivity index (χ1v) is 7.82. The predicted molar refractivity (Wildman–Crippen MR) is 63.3 cm³/mol.